The summed E-state index contributed by atoms with van der Waals surface area (Å²) < 4.78 is 14.4. The minimum absolute atomic E-state index is 0.0795. The highest BCUT2D eigenvalue weighted by Crippen LogP contribution is 2.40. The second kappa shape index (κ2) is 7.41. The van der Waals surface area contributed by atoms with E-state index in [2.05, 4.69) is 4.76 Å². The molecule has 8 nitrogen and oxygen atoms in total. The first-order valence-electron chi connectivity index (χ1n) is 7.50. The van der Waals surface area contributed by atoms with Gasteiger partial charge in [0.15, 0.2) is 0 Å². The fraction of sp³-hybridized carbons (Fsp3) is 0.312. The van der Waals surface area contributed by atoms with Gasteiger partial charge in [-0.15, -0.1) is 0 Å². The molecule has 0 spiro atoms. The van der Waals surface area contributed by atoms with Gasteiger partial charge >= 0.3 is 7.75 Å². The zero-order chi connectivity index (χ0) is 18.8. The van der Waals surface area contributed by atoms with Crippen molar-refractivity contribution < 1.29 is 34.8 Å². The summed E-state index contributed by atoms with van der Waals surface area (Å²) in [5.41, 5.74) is 0.451. The number of rotatable bonds is 5. The summed E-state index contributed by atoms with van der Waals surface area (Å²) in [4.78, 5) is 18.1. The molecule has 0 aromatic heterocycles. The van der Waals surface area contributed by atoms with Gasteiger partial charge in [-0.3, -0.25) is 0 Å². The lowest BCUT2D eigenvalue weighted by atomic mass is 9.84. The SMILES string of the molecule is CC(CC(O)C1C(O)=CC(O)=CC1=NP(=O)(O)O)c1cccc(O)c1. The molecule has 0 heterocycles. The van der Waals surface area contributed by atoms with Crippen LogP contribution in [-0.2, 0) is 4.57 Å². The van der Waals surface area contributed by atoms with Crippen molar-refractivity contribution >= 4 is 13.5 Å². The first-order chi connectivity index (χ1) is 11.6. The molecular weight excluding hydrogens is 349 g/mol. The lowest BCUT2D eigenvalue weighted by Crippen LogP contribution is -2.32. The van der Waals surface area contributed by atoms with Gasteiger partial charge < -0.3 is 30.2 Å². The van der Waals surface area contributed by atoms with Crippen molar-refractivity contribution in [3.05, 3.63) is 53.5 Å². The van der Waals surface area contributed by atoms with Gasteiger partial charge in [0, 0.05) is 12.2 Å². The van der Waals surface area contributed by atoms with Crippen LogP contribution in [0.2, 0.25) is 0 Å². The summed E-state index contributed by atoms with van der Waals surface area (Å²) in [5.74, 6) is -2.18. The van der Waals surface area contributed by atoms with Crippen LogP contribution in [0.4, 0.5) is 0 Å². The van der Waals surface area contributed by atoms with Crippen molar-refractivity contribution in [2.24, 2.45) is 10.7 Å². The monoisotopic (exact) mass is 369 g/mol. The van der Waals surface area contributed by atoms with E-state index in [-0.39, 0.29) is 23.8 Å². The predicted molar refractivity (Wildman–Crippen MR) is 91.5 cm³/mol. The second-order valence-electron chi connectivity index (χ2n) is 5.95. The molecule has 0 saturated carbocycles. The third kappa shape index (κ3) is 5.17. The van der Waals surface area contributed by atoms with E-state index in [0.717, 1.165) is 17.7 Å². The largest absolute Gasteiger partial charge is 0.511 e. The number of aromatic hydroxyl groups is 1. The quantitative estimate of drug-likeness (QED) is 0.436. The molecule has 0 amide bonds. The van der Waals surface area contributed by atoms with Crippen LogP contribution < -0.4 is 0 Å². The summed E-state index contributed by atoms with van der Waals surface area (Å²) in [6, 6.07) is 6.49. The van der Waals surface area contributed by atoms with Crippen LogP contribution >= 0.6 is 7.75 Å². The number of phenols is 1. The fourth-order valence-corrected chi connectivity index (χ4v) is 3.26. The van der Waals surface area contributed by atoms with Gasteiger partial charge in [-0.1, -0.05) is 19.1 Å². The molecule has 0 radical (unpaired) electrons. The Kier molecular flexibility index (Phi) is 5.69. The topological polar surface area (TPSA) is 151 Å². The normalized spacial score (nSPS) is 22.2. The Hall–Kier alpha value is -2.12. The summed E-state index contributed by atoms with van der Waals surface area (Å²) in [7, 11) is -4.81. The van der Waals surface area contributed by atoms with Gasteiger partial charge in [0.1, 0.15) is 17.3 Å². The molecule has 1 aliphatic carbocycles. The minimum Gasteiger partial charge on any atom is -0.511 e. The van der Waals surface area contributed by atoms with Crippen molar-refractivity contribution in [2.45, 2.75) is 25.4 Å². The Bertz CT molecular complexity index is 780. The van der Waals surface area contributed by atoms with Crippen LogP contribution in [-0.4, -0.2) is 42.0 Å². The Balaban J connectivity index is 2.26. The van der Waals surface area contributed by atoms with E-state index in [1.54, 1.807) is 25.1 Å². The van der Waals surface area contributed by atoms with E-state index in [0.29, 0.717) is 0 Å². The van der Waals surface area contributed by atoms with E-state index in [1.165, 1.54) is 6.07 Å². The Morgan fingerprint density at radius 3 is 2.48 bits per heavy atom. The van der Waals surface area contributed by atoms with Gasteiger partial charge in [-0.05, 0) is 30.0 Å². The smallest absolute Gasteiger partial charge is 0.448 e. The molecule has 25 heavy (non-hydrogen) atoms. The number of hydrogen-bond donors (Lipinski definition) is 6. The van der Waals surface area contributed by atoms with Crippen LogP contribution in [0.25, 0.3) is 0 Å². The average Bonchev–Trinajstić information content (AvgIpc) is 2.44. The molecule has 6 N–H and O–H groups in total. The maximum atomic E-state index is 11.1. The van der Waals surface area contributed by atoms with E-state index >= 15 is 0 Å². The lowest BCUT2D eigenvalue weighted by Gasteiger charge is -2.27. The zero-order valence-corrected chi connectivity index (χ0v) is 14.3. The highest BCUT2D eigenvalue weighted by atomic mass is 31.2. The summed E-state index contributed by atoms with van der Waals surface area (Å²) >= 11 is 0. The maximum absolute atomic E-state index is 11.1. The van der Waals surface area contributed by atoms with Gasteiger partial charge in [-0.2, -0.15) is 4.76 Å². The summed E-state index contributed by atoms with van der Waals surface area (Å²) in [5, 5.41) is 39.6. The van der Waals surface area contributed by atoms with E-state index < -0.39 is 31.3 Å². The highest BCUT2D eigenvalue weighted by Gasteiger charge is 2.33. The van der Waals surface area contributed by atoms with E-state index in [9.17, 15) is 25.0 Å². The Morgan fingerprint density at radius 2 is 1.88 bits per heavy atom. The van der Waals surface area contributed by atoms with Gasteiger partial charge in [-0.25, -0.2) is 4.57 Å². The van der Waals surface area contributed by atoms with Crippen molar-refractivity contribution in [1.29, 1.82) is 0 Å². The Morgan fingerprint density at radius 1 is 1.20 bits per heavy atom. The van der Waals surface area contributed by atoms with Crippen molar-refractivity contribution in [1.82, 2.24) is 0 Å². The molecule has 0 aliphatic heterocycles. The van der Waals surface area contributed by atoms with Crippen LogP contribution in [0.5, 0.6) is 5.75 Å². The van der Waals surface area contributed by atoms with Gasteiger partial charge in [0.25, 0.3) is 0 Å². The first-order valence-corrected chi connectivity index (χ1v) is 9.07. The zero-order valence-electron chi connectivity index (χ0n) is 13.4. The molecule has 1 aliphatic rings. The van der Waals surface area contributed by atoms with E-state index in [4.69, 9.17) is 9.79 Å². The lowest BCUT2D eigenvalue weighted by molar-refractivity contribution is 0.115. The number of allylic oxidation sites excluding steroid dienone is 2. The fourth-order valence-electron chi connectivity index (χ4n) is 2.78. The standard InChI is InChI=1S/C16H20NO7P/c1-9(10-3-2-4-11(18)6-10)5-14(20)16-13(17-25(22,23)24)7-12(19)8-15(16)21/h2-4,6-9,14,16,18-21H,5H2,1H3,(H2,22,23,24). The molecule has 0 fully saturated rings. The van der Waals surface area contributed by atoms with Crippen LogP contribution in [0, 0.1) is 5.92 Å². The molecule has 3 unspecified atom stereocenters. The summed E-state index contributed by atoms with van der Waals surface area (Å²) in [6.45, 7) is 1.80. The number of hydrogen-bond acceptors (Lipinski definition) is 5. The molecule has 1 aromatic carbocycles. The maximum Gasteiger partial charge on any atom is 0.448 e. The van der Waals surface area contributed by atoms with Crippen LogP contribution in [0.15, 0.2) is 52.7 Å². The minimum atomic E-state index is -4.81. The molecule has 9 heteroatoms. The first kappa shape index (κ1) is 19.2. The molecule has 0 bridgehead atoms. The van der Waals surface area contributed by atoms with Crippen molar-refractivity contribution in [3.8, 4) is 5.75 Å². The number of nitrogens with zero attached hydrogens (tertiary/aromatic N) is 1. The van der Waals surface area contributed by atoms with Gasteiger partial charge in [0.05, 0.1) is 17.7 Å². The second-order valence-corrected chi connectivity index (χ2v) is 7.18. The highest BCUT2D eigenvalue weighted by molar-refractivity contribution is 7.50. The van der Waals surface area contributed by atoms with E-state index in [1.807, 2.05) is 0 Å². The van der Waals surface area contributed by atoms with Crippen molar-refractivity contribution in [2.75, 3.05) is 0 Å². The molecule has 1 aromatic rings. The predicted octanol–water partition coefficient (Wildman–Crippen LogP) is 2.29. The molecule has 136 valence electrons. The molecule has 2 rings (SSSR count). The Labute approximate surface area is 144 Å². The number of aliphatic hydroxyl groups is 3. The molecular formula is C16H20NO7P. The summed E-state index contributed by atoms with van der Waals surface area (Å²) in [6.07, 6.45) is 0.890. The number of benzene rings is 1. The van der Waals surface area contributed by atoms with Crippen molar-refractivity contribution in [3.63, 3.8) is 0 Å². The third-order valence-corrected chi connectivity index (χ3v) is 4.39. The average molecular weight is 369 g/mol. The molecule has 0 saturated heterocycles. The number of aliphatic hydroxyl groups excluding tert-OH is 3. The third-order valence-electron chi connectivity index (χ3n) is 3.89. The number of phenolic OH excluding ortho intramolecular Hbond substituents is 1. The van der Waals surface area contributed by atoms with Crippen LogP contribution in [0.3, 0.4) is 0 Å². The van der Waals surface area contributed by atoms with Crippen LogP contribution in [0.1, 0.15) is 24.8 Å². The van der Waals surface area contributed by atoms with Gasteiger partial charge in [0.2, 0.25) is 0 Å². The molecule has 3 atom stereocenters.